The standard InChI is InChI=1S/C23H23N/c1-15-3-5-17-13-20-19-6-4-16(2)12-21(19)23(7-9-24-10-8-23)22(20)14-18(17)11-15/h3-6,11-14,24H,7-10H2,1-2H3. The smallest absolute Gasteiger partial charge is 0.0239 e. The molecule has 1 aliphatic carbocycles. The average Bonchev–Trinajstić information content (AvgIpc) is 2.83. The first-order valence-electron chi connectivity index (χ1n) is 9.04. The first-order chi connectivity index (χ1) is 11.7. The summed E-state index contributed by atoms with van der Waals surface area (Å²) < 4.78 is 0. The lowest BCUT2D eigenvalue weighted by Crippen LogP contribution is -2.39. The van der Waals surface area contributed by atoms with E-state index in [4.69, 9.17) is 0 Å². The Hall–Kier alpha value is -2.12. The zero-order chi connectivity index (χ0) is 16.3. The Morgan fingerprint density at radius 3 is 2.25 bits per heavy atom. The van der Waals surface area contributed by atoms with Crippen molar-refractivity contribution in [2.75, 3.05) is 13.1 Å². The molecule has 0 unspecified atom stereocenters. The molecule has 3 aromatic carbocycles. The lowest BCUT2D eigenvalue weighted by atomic mass is 9.71. The number of piperidine rings is 1. The van der Waals surface area contributed by atoms with Crippen molar-refractivity contribution < 1.29 is 0 Å². The van der Waals surface area contributed by atoms with Crippen LogP contribution in [0.2, 0.25) is 0 Å². The Morgan fingerprint density at radius 2 is 1.42 bits per heavy atom. The monoisotopic (exact) mass is 313 g/mol. The van der Waals surface area contributed by atoms with Gasteiger partial charge in [-0.1, -0.05) is 47.5 Å². The maximum Gasteiger partial charge on any atom is 0.0239 e. The highest BCUT2D eigenvalue weighted by Crippen LogP contribution is 2.54. The van der Waals surface area contributed by atoms with Crippen LogP contribution in [0.5, 0.6) is 0 Å². The number of hydrogen-bond acceptors (Lipinski definition) is 1. The number of rotatable bonds is 0. The average molecular weight is 313 g/mol. The fourth-order valence-electron chi connectivity index (χ4n) is 4.86. The second-order valence-corrected chi connectivity index (χ2v) is 7.63. The molecule has 0 radical (unpaired) electrons. The molecule has 1 N–H and O–H groups in total. The summed E-state index contributed by atoms with van der Waals surface area (Å²) >= 11 is 0. The molecule has 24 heavy (non-hydrogen) atoms. The summed E-state index contributed by atoms with van der Waals surface area (Å²) in [5.74, 6) is 0. The highest BCUT2D eigenvalue weighted by Gasteiger charge is 2.43. The number of fused-ring (bicyclic) bond motifs is 6. The molecule has 0 saturated carbocycles. The molecule has 3 aromatic rings. The Kier molecular flexibility index (Phi) is 2.93. The van der Waals surface area contributed by atoms with Crippen LogP contribution in [-0.4, -0.2) is 13.1 Å². The first-order valence-corrected chi connectivity index (χ1v) is 9.04. The zero-order valence-electron chi connectivity index (χ0n) is 14.4. The van der Waals surface area contributed by atoms with Crippen LogP contribution in [0.3, 0.4) is 0 Å². The van der Waals surface area contributed by atoms with E-state index in [0.717, 1.165) is 13.1 Å². The molecule has 1 heteroatoms. The molecule has 1 spiro atoms. The predicted octanol–water partition coefficient (Wildman–Crippen LogP) is 5.11. The Labute approximate surface area is 143 Å². The van der Waals surface area contributed by atoms with Gasteiger partial charge in [0.15, 0.2) is 0 Å². The quantitative estimate of drug-likeness (QED) is 0.608. The molecule has 2 aliphatic rings. The van der Waals surface area contributed by atoms with Gasteiger partial charge in [0.05, 0.1) is 0 Å². The molecule has 1 heterocycles. The summed E-state index contributed by atoms with van der Waals surface area (Å²) in [6.45, 7) is 6.63. The minimum Gasteiger partial charge on any atom is -0.317 e. The van der Waals surface area contributed by atoms with Gasteiger partial charge in [-0.3, -0.25) is 0 Å². The van der Waals surface area contributed by atoms with E-state index in [0.29, 0.717) is 0 Å². The number of nitrogens with one attached hydrogen (secondary N) is 1. The van der Waals surface area contributed by atoms with E-state index in [1.54, 1.807) is 11.1 Å². The summed E-state index contributed by atoms with van der Waals surface area (Å²) in [6, 6.07) is 18.8. The fourth-order valence-corrected chi connectivity index (χ4v) is 4.86. The predicted molar refractivity (Wildman–Crippen MR) is 102 cm³/mol. The van der Waals surface area contributed by atoms with Gasteiger partial charge in [-0.05, 0) is 84.9 Å². The van der Waals surface area contributed by atoms with Crippen molar-refractivity contribution in [2.24, 2.45) is 0 Å². The van der Waals surface area contributed by atoms with Crippen LogP contribution in [0.4, 0.5) is 0 Å². The van der Waals surface area contributed by atoms with Crippen LogP contribution in [0.1, 0.15) is 35.1 Å². The highest BCUT2D eigenvalue weighted by atomic mass is 14.9. The molecule has 0 aromatic heterocycles. The van der Waals surface area contributed by atoms with Gasteiger partial charge in [-0.2, -0.15) is 0 Å². The van der Waals surface area contributed by atoms with Crippen LogP contribution in [0.25, 0.3) is 21.9 Å². The maximum atomic E-state index is 3.56. The fraction of sp³-hybridized carbons (Fsp3) is 0.304. The van der Waals surface area contributed by atoms with Crippen molar-refractivity contribution in [3.05, 3.63) is 70.8 Å². The van der Waals surface area contributed by atoms with Crippen molar-refractivity contribution in [2.45, 2.75) is 32.1 Å². The van der Waals surface area contributed by atoms with Gasteiger partial charge in [-0.15, -0.1) is 0 Å². The highest BCUT2D eigenvalue weighted by molar-refractivity contribution is 5.94. The minimum atomic E-state index is 0.208. The summed E-state index contributed by atoms with van der Waals surface area (Å²) in [5, 5.41) is 6.30. The van der Waals surface area contributed by atoms with Gasteiger partial charge in [0.1, 0.15) is 0 Å². The van der Waals surface area contributed by atoms with E-state index in [1.807, 2.05) is 0 Å². The van der Waals surface area contributed by atoms with Crippen molar-refractivity contribution in [3.63, 3.8) is 0 Å². The Morgan fingerprint density at radius 1 is 0.708 bits per heavy atom. The molecular formula is C23H23N. The van der Waals surface area contributed by atoms with Crippen molar-refractivity contribution in [3.8, 4) is 11.1 Å². The molecule has 1 fully saturated rings. The third-order valence-corrected chi connectivity index (χ3v) is 6.09. The summed E-state index contributed by atoms with van der Waals surface area (Å²) in [4.78, 5) is 0. The lowest BCUT2D eigenvalue weighted by molar-refractivity contribution is 0.369. The second kappa shape index (κ2) is 4.94. The minimum absolute atomic E-state index is 0.208. The normalized spacial score (nSPS) is 17.9. The number of benzene rings is 3. The second-order valence-electron chi connectivity index (χ2n) is 7.63. The van der Waals surface area contributed by atoms with Crippen LogP contribution >= 0.6 is 0 Å². The molecule has 120 valence electrons. The summed E-state index contributed by atoms with van der Waals surface area (Å²) in [5.41, 5.74) is 8.96. The van der Waals surface area contributed by atoms with Gasteiger partial charge in [0, 0.05) is 5.41 Å². The molecule has 1 aliphatic heterocycles. The van der Waals surface area contributed by atoms with E-state index in [9.17, 15) is 0 Å². The van der Waals surface area contributed by atoms with Crippen LogP contribution in [0, 0.1) is 13.8 Å². The van der Waals surface area contributed by atoms with E-state index in [2.05, 4.69) is 67.7 Å². The molecule has 0 bridgehead atoms. The SMILES string of the molecule is Cc1ccc2c(c1)C1(CCNCC1)c1cc3cc(C)ccc3cc1-2. The van der Waals surface area contributed by atoms with Crippen LogP contribution in [-0.2, 0) is 5.41 Å². The zero-order valence-corrected chi connectivity index (χ0v) is 14.4. The van der Waals surface area contributed by atoms with E-state index < -0.39 is 0 Å². The summed E-state index contributed by atoms with van der Waals surface area (Å²) in [7, 11) is 0. The molecule has 1 nitrogen and oxygen atoms in total. The Bertz CT molecular complexity index is 961. The maximum absolute atomic E-state index is 3.56. The van der Waals surface area contributed by atoms with Gasteiger partial charge >= 0.3 is 0 Å². The van der Waals surface area contributed by atoms with Gasteiger partial charge in [-0.25, -0.2) is 0 Å². The van der Waals surface area contributed by atoms with E-state index >= 15 is 0 Å². The van der Waals surface area contributed by atoms with Gasteiger partial charge in [0.25, 0.3) is 0 Å². The van der Waals surface area contributed by atoms with Crippen molar-refractivity contribution in [1.82, 2.24) is 5.32 Å². The lowest BCUT2D eigenvalue weighted by Gasteiger charge is -2.36. The summed E-state index contributed by atoms with van der Waals surface area (Å²) in [6.07, 6.45) is 2.40. The number of aryl methyl sites for hydroxylation is 2. The van der Waals surface area contributed by atoms with Crippen LogP contribution in [0.15, 0.2) is 48.5 Å². The molecule has 0 amide bonds. The number of hydrogen-bond donors (Lipinski definition) is 1. The van der Waals surface area contributed by atoms with E-state index in [1.165, 1.54) is 45.9 Å². The van der Waals surface area contributed by atoms with E-state index in [-0.39, 0.29) is 5.41 Å². The van der Waals surface area contributed by atoms with Crippen molar-refractivity contribution in [1.29, 1.82) is 0 Å². The van der Waals surface area contributed by atoms with Gasteiger partial charge < -0.3 is 5.32 Å². The topological polar surface area (TPSA) is 12.0 Å². The molecular weight excluding hydrogens is 290 g/mol. The first kappa shape index (κ1) is 14.2. The van der Waals surface area contributed by atoms with Crippen LogP contribution < -0.4 is 5.32 Å². The van der Waals surface area contributed by atoms with Gasteiger partial charge in [0.2, 0.25) is 0 Å². The third-order valence-electron chi connectivity index (χ3n) is 6.09. The Balaban J connectivity index is 1.86. The molecule has 5 rings (SSSR count). The largest absolute Gasteiger partial charge is 0.317 e. The third kappa shape index (κ3) is 1.85. The molecule has 1 saturated heterocycles. The van der Waals surface area contributed by atoms with Crippen molar-refractivity contribution >= 4 is 10.8 Å². The molecule has 0 atom stereocenters.